The van der Waals surface area contributed by atoms with Crippen molar-refractivity contribution in [3.8, 4) is 0 Å². The molecule has 2 nitrogen and oxygen atoms in total. The highest BCUT2D eigenvalue weighted by Gasteiger charge is 1.98. The lowest BCUT2D eigenvalue weighted by molar-refractivity contribution is 0.551. The van der Waals surface area contributed by atoms with Crippen molar-refractivity contribution in [2.24, 2.45) is 5.92 Å². The van der Waals surface area contributed by atoms with Crippen LogP contribution in [0.2, 0.25) is 0 Å². The van der Waals surface area contributed by atoms with Gasteiger partial charge in [0, 0.05) is 12.7 Å². The first kappa shape index (κ1) is 15.5. The van der Waals surface area contributed by atoms with E-state index in [2.05, 4.69) is 43.2 Å². The molecule has 0 aliphatic carbocycles. The SMILES string of the molecule is CCCCCSc1ccc(CNCC(C)C)cn1. The molecule has 0 saturated heterocycles. The Morgan fingerprint density at radius 2 is 2.11 bits per heavy atom. The first-order valence-electron chi connectivity index (χ1n) is 7.00. The minimum atomic E-state index is 0.700. The minimum Gasteiger partial charge on any atom is -0.312 e. The van der Waals surface area contributed by atoms with E-state index in [0.717, 1.165) is 18.1 Å². The van der Waals surface area contributed by atoms with Crippen molar-refractivity contribution in [2.45, 2.75) is 51.6 Å². The quantitative estimate of drug-likeness (QED) is 0.538. The van der Waals surface area contributed by atoms with Crippen molar-refractivity contribution in [3.05, 3.63) is 23.9 Å². The van der Waals surface area contributed by atoms with Crippen LogP contribution in [0.4, 0.5) is 0 Å². The predicted molar refractivity (Wildman–Crippen MR) is 81.0 cm³/mol. The van der Waals surface area contributed by atoms with Crippen LogP contribution in [0.3, 0.4) is 0 Å². The summed E-state index contributed by atoms with van der Waals surface area (Å²) in [5, 5.41) is 4.59. The van der Waals surface area contributed by atoms with Gasteiger partial charge in [0.15, 0.2) is 0 Å². The Labute approximate surface area is 116 Å². The van der Waals surface area contributed by atoms with E-state index in [0.29, 0.717) is 5.92 Å². The van der Waals surface area contributed by atoms with Crippen LogP contribution in [0.15, 0.2) is 23.4 Å². The van der Waals surface area contributed by atoms with Gasteiger partial charge in [0.05, 0.1) is 5.03 Å². The standard InChI is InChI=1S/C15H26N2S/c1-4-5-6-9-18-15-8-7-14(12-17-15)11-16-10-13(2)3/h7-8,12-13,16H,4-6,9-11H2,1-3H3. The van der Waals surface area contributed by atoms with Gasteiger partial charge < -0.3 is 5.32 Å². The predicted octanol–water partition coefficient (Wildman–Crippen LogP) is 4.11. The summed E-state index contributed by atoms with van der Waals surface area (Å²) < 4.78 is 0. The Morgan fingerprint density at radius 3 is 2.72 bits per heavy atom. The number of pyridine rings is 1. The number of nitrogens with one attached hydrogen (secondary N) is 1. The van der Waals surface area contributed by atoms with Crippen LogP contribution in [0.25, 0.3) is 0 Å². The second-order valence-electron chi connectivity index (χ2n) is 5.09. The van der Waals surface area contributed by atoms with Crippen molar-refractivity contribution in [1.82, 2.24) is 10.3 Å². The van der Waals surface area contributed by atoms with Crippen molar-refractivity contribution in [1.29, 1.82) is 0 Å². The van der Waals surface area contributed by atoms with E-state index in [9.17, 15) is 0 Å². The molecule has 0 unspecified atom stereocenters. The first-order chi connectivity index (χ1) is 8.72. The van der Waals surface area contributed by atoms with E-state index in [4.69, 9.17) is 0 Å². The highest BCUT2D eigenvalue weighted by Crippen LogP contribution is 2.17. The lowest BCUT2D eigenvalue weighted by atomic mass is 10.2. The molecule has 0 atom stereocenters. The number of rotatable bonds is 9. The van der Waals surface area contributed by atoms with Gasteiger partial charge >= 0.3 is 0 Å². The monoisotopic (exact) mass is 266 g/mol. The summed E-state index contributed by atoms with van der Waals surface area (Å²) in [5.74, 6) is 1.89. The lowest BCUT2D eigenvalue weighted by Gasteiger charge is -2.07. The molecular formula is C15H26N2S. The molecule has 1 rings (SSSR count). The zero-order valence-electron chi connectivity index (χ0n) is 11.9. The van der Waals surface area contributed by atoms with Gasteiger partial charge in [-0.2, -0.15) is 0 Å². The number of hydrogen-bond acceptors (Lipinski definition) is 3. The molecule has 1 N–H and O–H groups in total. The Kier molecular flexibility index (Phi) is 8.10. The first-order valence-corrected chi connectivity index (χ1v) is 7.99. The topological polar surface area (TPSA) is 24.9 Å². The molecule has 1 heterocycles. The van der Waals surface area contributed by atoms with E-state index >= 15 is 0 Å². The second kappa shape index (κ2) is 9.40. The highest BCUT2D eigenvalue weighted by atomic mass is 32.2. The van der Waals surface area contributed by atoms with Crippen LogP contribution in [0.1, 0.15) is 45.6 Å². The van der Waals surface area contributed by atoms with Crippen LogP contribution in [-0.2, 0) is 6.54 Å². The maximum atomic E-state index is 4.50. The molecule has 1 aromatic heterocycles. The zero-order valence-corrected chi connectivity index (χ0v) is 12.7. The highest BCUT2D eigenvalue weighted by molar-refractivity contribution is 7.99. The molecule has 0 aliphatic rings. The average molecular weight is 266 g/mol. The molecule has 3 heteroatoms. The van der Waals surface area contributed by atoms with Gasteiger partial charge in [-0.1, -0.05) is 39.7 Å². The molecule has 0 spiro atoms. The average Bonchev–Trinajstić information content (AvgIpc) is 2.36. The normalized spacial score (nSPS) is 11.1. The molecule has 0 bridgehead atoms. The number of nitrogens with zero attached hydrogens (tertiary/aromatic N) is 1. The van der Waals surface area contributed by atoms with E-state index in [1.165, 1.54) is 30.6 Å². The molecule has 102 valence electrons. The van der Waals surface area contributed by atoms with Crippen molar-refractivity contribution in [3.63, 3.8) is 0 Å². The molecule has 0 fully saturated rings. The molecule has 0 aromatic carbocycles. The van der Waals surface area contributed by atoms with Crippen LogP contribution in [0.5, 0.6) is 0 Å². The third kappa shape index (κ3) is 7.02. The van der Waals surface area contributed by atoms with Crippen molar-refractivity contribution >= 4 is 11.8 Å². The minimum absolute atomic E-state index is 0.700. The van der Waals surface area contributed by atoms with Crippen LogP contribution < -0.4 is 5.32 Å². The largest absolute Gasteiger partial charge is 0.312 e. The Morgan fingerprint density at radius 1 is 1.28 bits per heavy atom. The number of aromatic nitrogens is 1. The molecule has 18 heavy (non-hydrogen) atoms. The van der Waals surface area contributed by atoms with Gasteiger partial charge in [0.2, 0.25) is 0 Å². The summed E-state index contributed by atoms with van der Waals surface area (Å²) in [6, 6.07) is 4.32. The van der Waals surface area contributed by atoms with Gasteiger partial charge in [-0.25, -0.2) is 4.98 Å². The zero-order chi connectivity index (χ0) is 13.2. The Balaban J connectivity index is 2.24. The number of unbranched alkanes of at least 4 members (excludes halogenated alkanes) is 2. The van der Waals surface area contributed by atoms with E-state index in [1.54, 1.807) is 0 Å². The maximum Gasteiger partial charge on any atom is 0.0960 e. The fourth-order valence-corrected chi connectivity index (χ4v) is 2.48. The van der Waals surface area contributed by atoms with Gasteiger partial charge in [0.25, 0.3) is 0 Å². The summed E-state index contributed by atoms with van der Waals surface area (Å²) in [5.41, 5.74) is 1.27. The molecule has 0 amide bonds. The third-order valence-corrected chi connectivity index (χ3v) is 3.71. The lowest BCUT2D eigenvalue weighted by Crippen LogP contribution is -2.18. The van der Waals surface area contributed by atoms with Crippen molar-refractivity contribution in [2.75, 3.05) is 12.3 Å². The van der Waals surface area contributed by atoms with Crippen LogP contribution in [0, 0.1) is 5.92 Å². The fraction of sp³-hybridized carbons (Fsp3) is 0.667. The van der Waals surface area contributed by atoms with Crippen LogP contribution >= 0.6 is 11.8 Å². The van der Waals surface area contributed by atoms with E-state index in [-0.39, 0.29) is 0 Å². The van der Waals surface area contributed by atoms with Gasteiger partial charge in [0.1, 0.15) is 0 Å². The van der Waals surface area contributed by atoms with Gasteiger partial charge in [-0.3, -0.25) is 0 Å². The Bertz CT molecular complexity index is 309. The summed E-state index contributed by atoms with van der Waals surface area (Å²) >= 11 is 1.87. The molecule has 0 radical (unpaired) electrons. The molecule has 0 aliphatic heterocycles. The van der Waals surface area contributed by atoms with E-state index in [1.807, 2.05) is 18.0 Å². The molecule has 0 saturated carbocycles. The summed E-state index contributed by atoms with van der Waals surface area (Å²) in [6.07, 6.45) is 5.90. The molecule has 1 aromatic rings. The smallest absolute Gasteiger partial charge is 0.0960 e. The van der Waals surface area contributed by atoms with Crippen molar-refractivity contribution < 1.29 is 0 Å². The maximum absolute atomic E-state index is 4.50. The summed E-state index contributed by atoms with van der Waals surface area (Å²) in [6.45, 7) is 8.67. The Hall–Kier alpha value is -0.540. The molecular weight excluding hydrogens is 240 g/mol. The fourth-order valence-electron chi connectivity index (χ4n) is 1.63. The van der Waals surface area contributed by atoms with Gasteiger partial charge in [-0.15, -0.1) is 11.8 Å². The summed E-state index contributed by atoms with van der Waals surface area (Å²) in [7, 11) is 0. The van der Waals surface area contributed by atoms with Crippen LogP contribution in [-0.4, -0.2) is 17.3 Å². The second-order valence-corrected chi connectivity index (χ2v) is 6.20. The number of thioether (sulfide) groups is 1. The number of hydrogen-bond donors (Lipinski definition) is 1. The van der Waals surface area contributed by atoms with E-state index < -0.39 is 0 Å². The van der Waals surface area contributed by atoms with Gasteiger partial charge in [-0.05, 0) is 36.3 Å². The third-order valence-electron chi connectivity index (χ3n) is 2.68. The summed E-state index contributed by atoms with van der Waals surface area (Å²) in [4.78, 5) is 4.50.